The lowest BCUT2D eigenvalue weighted by molar-refractivity contribution is -0.189. The summed E-state index contributed by atoms with van der Waals surface area (Å²) < 4.78 is 12.7. The van der Waals surface area contributed by atoms with Gasteiger partial charge in [-0.3, -0.25) is 0 Å². The Hall–Kier alpha value is -1.63. The third-order valence-corrected chi connectivity index (χ3v) is 5.99. The number of rotatable bonds is 2. The Balaban J connectivity index is 1.47. The Bertz CT molecular complexity index is 739. The van der Waals surface area contributed by atoms with Crippen molar-refractivity contribution in [1.82, 2.24) is 4.90 Å². The van der Waals surface area contributed by atoms with E-state index in [0.29, 0.717) is 19.8 Å². The Labute approximate surface area is 145 Å². The molecule has 2 aliphatic rings. The third-order valence-electron chi connectivity index (χ3n) is 5.03. The number of hydrogen-bond donors (Lipinski definition) is 1. The van der Waals surface area contributed by atoms with E-state index in [1.807, 2.05) is 29.3 Å². The molecule has 1 aromatic carbocycles. The van der Waals surface area contributed by atoms with Gasteiger partial charge in [0.2, 0.25) is 0 Å². The summed E-state index contributed by atoms with van der Waals surface area (Å²) in [5, 5.41) is 6.29. The van der Waals surface area contributed by atoms with Crippen LogP contribution in [0.5, 0.6) is 0 Å². The maximum atomic E-state index is 12.7. The Morgan fingerprint density at radius 3 is 3.00 bits per heavy atom. The van der Waals surface area contributed by atoms with Crippen LogP contribution in [-0.4, -0.2) is 43.0 Å². The Kier molecular flexibility index (Phi) is 4.20. The van der Waals surface area contributed by atoms with Crippen molar-refractivity contribution >= 4 is 33.1 Å². The molecule has 2 amide bonds. The molecule has 1 N–H and O–H groups in total. The van der Waals surface area contributed by atoms with E-state index in [-0.39, 0.29) is 11.9 Å². The highest BCUT2D eigenvalue weighted by molar-refractivity contribution is 7.17. The molecular formula is C18H22N2O3S. The van der Waals surface area contributed by atoms with E-state index in [1.54, 1.807) is 11.3 Å². The molecule has 2 aliphatic heterocycles. The van der Waals surface area contributed by atoms with Crippen molar-refractivity contribution in [2.24, 2.45) is 5.92 Å². The number of carbonyl (C=O) groups excluding carboxylic acids is 1. The van der Waals surface area contributed by atoms with E-state index in [0.717, 1.165) is 35.2 Å². The number of piperidine rings is 1. The van der Waals surface area contributed by atoms with Crippen molar-refractivity contribution in [2.75, 3.05) is 31.6 Å². The fourth-order valence-electron chi connectivity index (χ4n) is 3.64. The Morgan fingerprint density at radius 1 is 1.33 bits per heavy atom. The number of fused-ring (bicyclic) bond motifs is 1. The van der Waals surface area contributed by atoms with E-state index >= 15 is 0 Å². The first-order valence-corrected chi connectivity index (χ1v) is 9.34. The molecule has 6 heteroatoms. The van der Waals surface area contributed by atoms with Crippen molar-refractivity contribution in [3.63, 3.8) is 0 Å². The zero-order valence-electron chi connectivity index (χ0n) is 13.8. The van der Waals surface area contributed by atoms with Crippen molar-refractivity contribution in [3.05, 3.63) is 29.6 Å². The van der Waals surface area contributed by atoms with Crippen LogP contribution in [0.4, 0.5) is 10.5 Å². The predicted molar refractivity (Wildman–Crippen MR) is 95.4 cm³/mol. The summed E-state index contributed by atoms with van der Waals surface area (Å²) in [7, 11) is 0. The van der Waals surface area contributed by atoms with E-state index in [2.05, 4.69) is 17.4 Å². The van der Waals surface area contributed by atoms with Crippen molar-refractivity contribution < 1.29 is 14.3 Å². The molecule has 0 saturated carbocycles. The van der Waals surface area contributed by atoms with Crippen LogP contribution < -0.4 is 5.32 Å². The highest BCUT2D eigenvalue weighted by atomic mass is 32.1. The highest BCUT2D eigenvalue weighted by Crippen LogP contribution is 2.34. The number of carbonyl (C=O) groups is 1. The molecular weight excluding hydrogens is 324 g/mol. The zero-order chi connectivity index (χ0) is 16.6. The first kappa shape index (κ1) is 15.9. The van der Waals surface area contributed by atoms with Crippen LogP contribution in [0.1, 0.15) is 19.8 Å². The van der Waals surface area contributed by atoms with Gasteiger partial charge in [-0.2, -0.15) is 0 Å². The van der Waals surface area contributed by atoms with Gasteiger partial charge >= 0.3 is 6.03 Å². The summed E-state index contributed by atoms with van der Waals surface area (Å²) in [5.41, 5.74) is 0.884. The van der Waals surface area contributed by atoms with Gasteiger partial charge in [-0.15, -0.1) is 11.3 Å². The molecule has 2 fully saturated rings. The van der Waals surface area contributed by atoms with E-state index in [1.165, 1.54) is 0 Å². The third kappa shape index (κ3) is 2.90. The largest absolute Gasteiger partial charge is 0.347 e. The summed E-state index contributed by atoms with van der Waals surface area (Å²) in [6.07, 6.45) is 2.00. The second kappa shape index (κ2) is 6.35. The minimum absolute atomic E-state index is 0.0396. The quantitative estimate of drug-likeness (QED) is 0.897. The molecule has 0 bridgehead atoms. The molecule has 24 heavy (non-hydrogen) atoms. The average molecular weight is 346 g/mol. The normalized spacial score (nSPS) is 23.5. The molecule has 4 rings (SSSR count). The lowest BCUT2D eigenvalue weighted by Gasteiger charge is -2.39. The lowest BCUT2D eigenvalue weighted by Crippen LogP contribution is -2.49. The predicted octanol–water partition coefficient (Wildman–Crippen LogP) is 3.91. The number of ether oxygens (including phenoxy) is 2. The number of nitrogens with zero attached hydrogens (tertiary/aromatic N) is 1. The molecule has 0 aliphatic carbocycles. The molecule has 0 spiro atoms. The van der Waals surface area contributed by atoms with E-state index in [9.17, 15) is 4.79 Å². The number of anilines is 1. The molecule has 128 valence electrons. The van der Waals surface area contributed by atoms with Crippen molar-refractivity contribution in [2.45, 2.75) is 25.6 Å². The van der Waals surface area contributed by atoms with Gasteiger partial charge in [-0.1, -0.05) is 12.1 Å². The smallest absolute Gasteiger partial charge is 0.321 e. The van der Waals surface area contributed by atoms with Crippen LogP contribution in [0, 0.1) is 5.92 Å². The fourth-order valence-corrected chi connectivity index (χ4v) is 4.51. The number of benzene rings is 1. The topological polar surface area (TPSA) is 50.8 Å². The monoisotopic (exact) mass is 346 g/mol. The van der Waals surface area contributed by atoms with E-state index < -0.39 is 5.79 Å². The number of amides is 2. The highest BCUT2D eigenvalue weighted by Gasteiger charge is 2.42. The van der Waals surface area contributed by atoms with Gasteiger partial charge in [0.05, 0.1) is 23.6 Å². The van der Waals surface area contributed by atoms with Gasteiger partial charge in [0.25, 0.3) is 0 Å². The summed E-state index contributed by atoms with van der Waals surface area (Å²) in [6.45, 7) is 4.72. The first-order valence-electron chi connectivity index (χ1n) is 8.46. The SMILES string of the molecule is CC1([C@@H]2CCCN(C(=O)Nc3cccc4ccsc34)C2)OCCO1. The summed E-state index contributed by atoms with van der Waals surface area (Å²) in [5.74, 6) is -0.329. The van der Waals surface area contributed by atoms with Crippen molar-refractivity contribution in [3.8, 4) is 0 Å². The Morgan fingerprint density at radius 2 is 2.17 bits per heavy atom. The van der Waals surface area contributed by atoms with Gasteiger partial charge in [0, 0.05) is 19.0 Å². The molecule has 2 saturated heterocycles. The standard InChI is InChI=1S/C18H22N2O3S/c1-18(22-9-10-23-18)14-5-3-8-20(12-14)17(21)19-15-6-2-4-13-7-11-24-16(13)15/h2,4,6-7,11,14H,3,5,8-10,12H2,1H3,(H,19,21)/t14-/m1/s1. The average Bonchev–Trinajstić information content (AvgIpc) is 3.25. The van der Waals surface area contributed by atoms with Crippen LogP contribution in [0.2, 0.25) is 0 Å². The summed E-state index contributed by atoms with van der Waals surface area (Å²) in [4.78, 5) is 14.6. The summed E-state index contributed by atoms with van der Waals surface area (Å²) in [6, 6.07) is 8.03. The molecule has 1 aromatic heterocycles. The number of urea groups is 1. The molecule has 5 nitrogen and oxygen atoms in total. The van der Waals surface area contributed by atoms with Gasteiger partial charge in [-0.25, -0.2) is 4.79 Å². The van der Waals surface area contributed by atoms with Gasteiger partial charge in [0.1, 0.15) is 0 Å². The van der Waals surface area contributed by atoms with Crippen LogP contribution in [0.3, 0.4) is 0 Å². The van der Waals surface area contributed by atoms with Gasteiger partial charge in [0.15, 0.2) is 5.79 Å². The zero-order valence-corrected chi connectivity index (χ0v) is 14.6. The molecule has 0 radical (unpaired) electrons. The first-order chi connectivity index (χ1) is 11.7. The number of thiophene rings is 1. The molecule has 0 unspecified atom stereocenters. The fraction of sp³-hybridized carbons (Fsp3) is 0.500. The second-order valence-corrected chi connectivity index (χ2v) is 7.49. The second-order valence-electron chi connectivity index (χ2n) is 6.57. The maximum Gasteiger partial charge on any atom is 0.321 e. The van der Waals surface area contributed by atoms with Crippen LogP contribution >= 0.6 is 11.3 Å². The van der Waals surface area contributed by atoms with Crippen LogP contribution in [0.15, 0.2) is 29.6 Å². The van der Waals surface area contributed by atoms with Gasteiger partial charge in [-0.05, 0) is 42.7 Å². The van der Waals surface area contributed by atoms with Crippen molar-refractivity contribution in [1.29, 1.82) is 0 Å². The molecule has 3 heterocycles. The number of nitrogens with one attached hydrogen (secondary N) is 1. The minimum Gasteiger partial charge on any atom is -0.347 e. The number of likely N-dealkylation sites (tertiary alicyclic amines) is 1. The van der Waals surface area contributed by atoms with Gasteiger partial charge < -0.3 is 19.7 Å². The van der Waals surface area contributed by atoms with Crippen LogP contribution in [0.25, 0.3) is 10.1 Å². The minimum atomic E-state index is -0.549. The molecule has 1 atom stereocenters. The molecule has 2 aromatic rings. The van der Waals surface area contributed by atoms with Crippen LogP contribution in [-0.2, 0) is 9.47 Å². The lowest BCUT2D eigenvalue weighted by atomic mass is 9.90. The maximum absolute atomic E-state index is 12.7. The number of hydrogen-bond acceptors (Lipinski definition) is 4. The van der Waals surface area contributed by atoms with E-state index in [4.69, 9.17) is 9.47 Å². The summed E-state index contributed by atoms with van der Waals surface area (Å²) >= 11 is 1.65.